The van der Waals surface area contributed by atoms with Crippen molar-refractivity contribution >= 4 is 33.1 Å². The van der Waals surface area contributed by atoms with E-state index in [1.54, 1.807) is 16.8 Å². The summed E-state index contributed by atoms with van der Waals surface area (Å²) in [6.07, 6.45) is 0. The van der Waals surface area contributed by atoms with Crippen molar-refractivity contribution in [2.24, 2.45) is 5.73 Å². The summed E-state index contributed by atoms with van der Waals surface area (Å²) < 4.78 is 1.02. The molecule has 1 aromatic heterocycles. The summed E-state index contributed by atoms with van der Waals surface area (Å²) in [5.74, 6) is -0.0225. The first-order valence-electron chi connectivity index (χ1n) is 7.52. The molecule has 0 radical (unpaired) electrons. The highest BCUT2D eigenvalue weighted by molar-refractivity contribution is 7.16. The summed E-state index contributed by atoms with van der Waals surface area (Å²) in [6, 6.07) is 13.3. The van der Waals surface area contributed by atoms with Gasteiger partial charge < -0.3 is 10.6 Å². The Bertz CT molecular complexity index is 915. The largest absolute Gasteiger partial charge is 0.322 e. The smallest absolute Gasteiger partial charge is 0.258 e. The maximum atomic E-state index is 13.2. The molecule has 5 heteroatoms. The molecule has 0 saturated carbocycles. The number of thiazole rings is 1. The van der Waals surface area contributed by atoms with Gasteiger partial charge in [0, 0.05) is 11.3 Å². The number of rotatable bonds is 1. The third kappa shape index (κ3) is 2.00. The van der Waals surface area contributed by atoms with E-state index in [1.807, 2.05) is 61.2 Å². The number of amides is 1. The summed E-state index contributed by atoms with van der Waals surface area (Å²) in [7, 11) is 0. The van der Waals surface area contributed by atoms with Crippen LogP contribution in [-0.2, 0) is 0 Å². The molecule has 23 heavy (non-hydrogen) atoms. The highest BCUT2D eigenvalue weighted by Gasteiger charge is 2.46. The number of aromatic nitrogens is 1. The molecule has 0 spiro atoms. The van der Waals surface area contributed by atoms with Crippen LogP contribution in [0.4, 0.5) is 5.69 Å². The maximum Gasteiger partial charge on any atom is 0.258 e. The van der Waals surface area contributed by atoms with Gasteiger partial charge in [-0.2, -0.15) is 0 Å². The third-order valence-electron chi connectivity index (χ3n) is 4.63. The first kappa shape index (κ1) is 14.4. The van der Waals surface area contributed by atoms with Crippen molar-refractivity contribution in [3.63, 3.8) is 0 Å². The van der Waals surface area contributed by atoms with E-state index in [4.69, 9.17) is 5.73 Å². The lowest BCUT2D eigenvalue weighted by Gasteiger charge is -2.35. The van der Waals surface area contributed by atoms with Crippen LogP contribution in [0.25, 0.3) is 10.2 Å². The van der Waals surface area contributed by atoms with Gasteiger partial charge in [0.15, 0.2) is 0 Å². The minimum Gasteiger partial charge on any atom is -0.322 e. The van der Waals surface area contributed by atoms with Gasteiger partial charge >= 0.3 is 0 Å². The summed E-state index contributed by atoms with van der Waals surface area (Å²) in [6.45, 7) is 4.03. The predicted octanol–water partition coefficient (Wildman–Crippen LogP) is 3.74. The fourth-order valence-electron chi connectivity index (χ4n) is 3.27. The molecule has 1 unspecified atom stereocenters. The first-order valence-corrected chi connectivity index (χ1v) is 8.40. The van der Waals surface area contributed by atoms with Crippen molar-refractivity contribution in [1.82, 2.24) is 4.98 Å². The molecular formula is C18H17N3OS. The first-order chi connectivity index (χ1) is 11.0. The number of hydrogen-bond donors (Lipinski definition) is 1. The Morgan fingerprint density at radius 1 is 1.26 bits per heavy atom. The number of carbonyl (C=O) groups is 1. The molecule has 0 fully saturated rings. The second-order valence-corrected chi connectivity index (χ2v) is 7.25. The van der Waals surface area contributed by atoms with Crippen LogP contribution in [0.2, 0.25) is 0 Å². The Hall–Kier alpha value is -2.24. The van der Waals surface area contributed by atoms with Crippen LogP contribution >= 0.6 is 11.3 Å². The molecule has 116 valence electrons. The molecule has 0 aliphatic carbocycles. The summed E-state index contributed by atoms with van der Waals surface area (Å²) in [5.41, 5.74) is 11.2. The summed E-state index contributed by atoms with van der Waals surface area (Å²) in [5, 5.41) is 0. The number of benzene rings is 2. The Labute approximate surface area is 138 Å². The fraction of sp³-hybridized carbons (Fsp3) is 0.222. The molecule has 1 amide bonds. The lowest BCUT2D eigenvalue weighted by Crippen LogP contribution is -2.49. The monoisotopic (exact) mass is 323 g/mol. The topological polar surface area (TPSA) is 59.2 Å². The normalized spacial score (nSPS) is 19.1. The van der Waals surface area contributed by atoms with Crippen LogP contribution in [0.3, 0.4) is 0 Å². The SMILES string of the molecule is CC1(C)C(N)c2ccccc2N1C(=O)c1ccc2ncsc2c1. The molecule has 4 nitrogen and oxygen atoms in total. The number of carbonyl (C=O) groups excluding carboxylic acids is 1. The minimum atomic E-state index is -0.469. The van der Waals surface area contributed by atoms with E-state index in [-0.39, 0.29) is 11.9 Å². The average molecular weight is 323 g/mol. The van der Waals surface area contributed by atoms with Gasteiger partial charge in [-0.3, -0.25) is 4.79 Å². The molecule has 3 aromatic rings. The lowest BCUT2D eigenvalue weighted by molar-refractivity contribution is 0.0962. The van der Waals surface area contributed by atoms with Crippen molar-refractivity contribution < 1.29 is 4.79 Å². The third-order valence-corrected chi connectivity index (χ3v) is 5.42. The highest BCUT2D eigenvalue weighted by atomic mass is 32.1. The van der Waals surface area contributed by atoms with E-state index in [1.165, 1.54) is 0 Å². The molecule has 4 rings (SSSR count). The number of nitrogens with two attached hydrogens (primary N) is 1. The van der Waals surface area contributed by atoms with E-state index in [9.17, 15) is 4.79 Å². The Morgan fingerprint density at radius 3 is 2.87 bits per heavy atom. The molecule has 2 N–H and O–H groups in total. The molecule has 1 aliphatic rings. The molecule has 2 heterocycles. The van der Waals surface area contributed by atoms with Gasteiger partial charge in [0.25, 0.3) is 5.91 Å². The zero-order valence-corrected chi connectivity index (χ0v) is 13.8. The molecule has 1 aliphatic heterocycles. The van der Waals surface area contributed by atoms with E-state index < -0.39 is 5.54 Å². The number of para-hydroxylation sites is 1. The molecular weight excluding hydrogens is 306 g/mol. The molecule has 0 bridgehead atoms. The van der Waals surface area contributed by atoms with Crippen LogP contribution in [0.1, 0.15) is 35.8 Å². The second kappa shape index (κ2) is 4.88. The van der Waals surface area contributed by atoms with Crippen LogP contribution in [0.5, 0.6) is 0 Å². The summed E-state index contributed by atoms with van der Waals surface area (Å²) in [4.78, 5) is 19.3. The quantitative estimate of drug-likeness (QED) is 0.742. The van der Waals surface area contributed by atoms with Crippen molar-refractivity contribution in [3.05, 3.63) is 59.1 Å². The zero-order chi connectivity index (χ0) is 16.2. The Kier molecular flexibility index (Phi) is 3.04. The van der Waals surface area contributed by atoms with Gasteiger partial charge in [-0.15, -0.1) is 11.3 Å². The van der Waals surface area contributed by atoms with Crippen molar-refractivity contribution in [3.8, 4) is 0 Å². The number of anilines is 1. The van der Waals surface area contributed by atoms with Crippen molar-refractivity contribution in [1.29, 1.82) is 0 Å². The van der Waals surface area contributed by atoms with Gasteiger partial charge in [-0.1, -0.05) is 18.2 Å². The number of fused-ring (bicyclic) bond motifs is 2. The van der Waals surface area contributed by atoms with E-state index in [0.29, 0.717) is 5.56 Å². The van der Waals surface area contributed by atoms with Gasteiger partial charge in [0.2, 0.25) is 0 Å². The molecule has 0 saturated heterocycles. The van der Waals surface area contributed by atoms with Gasteiger partial charge in [0.1, 0.15) is 0 Å². The Morgan fingerprint density at radius 2 is 2.04 bits per heavy atom. The minimum absolute atomic E-state index is 0.0225. The van der Waals surface area contributed by atoms with Crippen molar-refractivity contribution in [2.75, 3.05) is 4.90 Å². The van der Waals surface area contributed by atoms with Crippen LogP contribution in [0.15, 0.2) is 48.0 Å². The average Bonchev–Trinajstić information content (AvgIpc) is 3.08. The number of hydrogen-bond acceptors (Lipinski definition) is 4. The zero-order valence-electron chi connectivity index (χ0n) is 13.0. The van der Waals surface area contributed by atoms with Crippen LogP contribution < -0.4 is 10.6 Å². The standard InChI is InChI=1S/C18H17N3OS/c1-18(2)16(19)12-5-3-4-6-14(12)21(18)17(22)11-7-8-13-15(9-11)23-10-20-13/h3-10,16H,19H2,1-2H3. The Balaban J connectivity index is 1.83. The van der Waals surface area contributed by atoms with E-state index in [0.717, 1.165) is 21.5 Å². The maximum absolute atomic E-state index is 13.2. The van der Waals surface area contributed by atoms with Crippen LogP contribution in [-0.4, -0.2) is 16.4 Å². The summed E-state index contributed by atoms with van der Waals surface area (Å²) >= 11 is 1.54. The highest BCUT2D eigenvalue weighted by Crippen LogP contribution is 2.45. The van der Waals surface area contributed by atoms with E-state index >= 15 is 0 Å². The van der Waals surface area contributed by atoms with Crippen molar-refractivity contribution in [2.45, 2.75) is 25.4 Å². The second-order valence-electron chi connectivity index (χ2n) is 6.37. The van der Waals surface area contributed by atoms with Crippen LogP contribution in [0, 0.1) is 0 Å². The number of nitrogens with zero attached hydrogens (tertiary/aromatic N) is 2. The van der Waals surface area contributed by atoms with Gasteiger partial charge in [0.05, 0.1) is 27.3 Å². The van der Waals surface area contributed by atoms with Gasteiger partial charge in [-0.25, -0.2) is 4.98 Å². The van der Waals surface area contributed by atoms with E-state index in [2.05, 4.69) is 4.98 Å². The molecule has 1 atom stereocenters. The van der Waals surface area contributed by atoms with Gasteiger partial charge in [-0.05, 0) is 43.7 Å². The fourth-order valence-corrected chi connectivity index (χ4v) is 3.99. The lowest BCUT2D eigenvalue weighted by atomic mass is 9.93. The predicted molar refractivity (Wildman–Crippen MR) is 93.9 cm³/mol. The molecule has 2 aromatic carbocycles.